The third-order valence-electron chi connectivity index (χ3n) is 2.86. The number of fused-ring (bicyclic) bond motifs is 1. The molecule has 0 unspecified atom stereocenters. The summed E-state index contributed by atoms with van der Waals surface area (Å²) in [6.07, 6.45) is 3.47. The molecule has 1 heterocycles. The normalized spacial score (nSPS) is 11.8. The van der Waals surface area contributed by atoms with Gasteiger partial charge in [-0.1, -0.05) is 12.2 Å². The Labute approximate surface area is 94.2 Å². The van der Waals surface area contributed by atoms with Gasteiger partial charge in [0.15, 0.2) is 0 Å². The molecule has 0 saturated heterocycles. The first-order valence-corrected chi connectivity index (χ1v) is 5.26. The largest absolute Gasteiger partial charge is 0.348 e. The number of rotatable bonds is 2. The first-order valence-electron chi connectivity index (χ1n) is 5.26. The minimum absolute atomic E-state index is 0.175. The molecule has 3 heteroatoms. The number of benzene rings is 1. The topological polar surface area (TPSA) is 30.9 Å². The number of nitrogens with zero attached hydrogens (tertiary/aromatic N) is 1. The van der Waals surface area contributed by atoms with E-state index in [1.165, 1.54) is 0 Å². The van der Waals surface area contributed by atoms with Crippen LogP contribution in [0.4, 0.5) is 4.39 Å². The van der Waals surface area contributed by atoms with Crippen molar-refractivity contribution in [3.63, 3.8) is 0 Å². The molecule has 0 fully saturated rings. The molecule has 0 aliphatic rings. The van der Waals surface area contributed by atoms with Crippen LogP contribution in [-0.2, 0) is 7.05 Å². The van der Waals surface area contributed by atoms with Gasteiger partial charge in [0.2, 0.25) is 0 Å². The van der Waals surface area contributed by atoms with Crippen molar-refractivity contribution < 1.29 is 4.39 Å². The van der Waals surface area contributed by atoms with E-state index in [-0.39, 0.29) is 5.82 Å². The van der Waals surface area contributed by atoms with Crippen LogP contribution in [0.1, 0.15) is 11.3 Å². The lowest BCUT2D eigenvalue weighted by Crippen LogP contribution is -1.93. The monoisotopic (exact) mass is 218 g/mol. The van der Waals surface area contributed by atoms with Gasteiger partial charge in [-0.25, -0.2) is 4.39 Å². The summed E-state index contributed by atoms with van der Waals surface area (Å²) in [7, 11) is 1.94. The molecule has 16 heavy (non-hydrogen) atoms. The number of aryl methyl sites for hydroxylation is 2. The Morgan fingerprint density at radius 1 is 1.44 bits per heavy atom. The summed E-state index contributed by atoms with van der Waals surface area (Å²) < 4.78 is 16.1. The number of aromatic nitrogens is 1. The highest BCUT2D eigenvalue weighted by atomic mass is 19.1. The van der Waals surface area contributed by atoms with Crippen LogP contribution < -0.4 is 5.73 Å². The van der Waals surface area contributed by atoms with Gasteiger partial charge in [-0.3, -0.25) is 0 Å². The highest BCUT2D eigenvalue weighted by molar-refractivity contribution is 5.84. The summed E-state index contributed by atoms with van der Waals surface area (Å²) in [5.41, 5.74) is 7.91. The van der Waals surface area contributed by atoms with E-state index in [9.17, 15) is 4.39 Å². The van der Waals surface area contributed by atoms with Gasteiger partial charge in [-0.2, -0.15) is 0 Å². The molecule has 0 aliphatic heterocycles. The molecule has 0 spiro atoms. The molecule has 0 bridgehead atoms. The molecule has 0 radical (unpaired) electrons. The highest BCUT2D eigenvalue weighted by Crippen LogP contribution is 2.24. The van der Waals surface area contributed by atoms with E-state index in [1.807, 2.05) is 30.7 Å². The average molecular weight is 218 g/mol. The van der Waals surface area contributed by atoms with E-state index >= 15 is 0 Å². The van der Waals surface area contributed by atoms with E-state index in [0.717, 1.165) is 11.2 Å². The third kappa shape index (κ3) is 1.63. The Balaban J connectivity index is 2.65. The van der Waals surface area contributed by atoms with Crippen LogP contribution >= 0.6 is 0 Å². The Morgan fingerprint density at radius 2 is 2.19 bits per heavy atom. The zero-order chi connectivity index (χ0) is 11.7. The van der Waals surface area contributed by atoms with Gasteiger partial charge in [0, 0.05) is 30.2 Å². The average Bonchev–Trinajstić information content (AvgIpc) is 2.56. The predicted octanol–water partition coefficient (Wildman–Crippen LogP) is 2.60. The number of nitrogens with two attached hydrogens (primary N) is 1. The first kappa shape index (κ1) is 10.9. The van der Waals surface area contributed by atoms with Gasteiger partial charge in [0.05, 0.1) is 5.52 Å². The van der Waals surface area contributed by atoms with E-state index in [4.69, 9.17) is 5.73 Å². The van der Waals surface area contributed by atoms with Gasteiger partial charge in [-0.05, 0) is 25.1 Å². The van der Waals surface area contributed by atoms with Gasteiger partial charge in [-0.15, -0.1) is 0 Å². The van der Waals surface area contributed by atoms with Crippen molar-refractivity contribution in [1.82, 2.24) is 4.57 Å². The van der Waals surface area contributed by atoms with Crippen molar-refractivity contribution in [2.75, 3.05) is 6.54 Å². The van der Waals surface area contributed by atoms with Crippen molar-refractivity contribution in [3.8, 4) is 0 Å². The summed E-state index contributed by atoms with van der Waals surface area (Å²) in [5.74, 6) is -0.175. The number of hydrogen-bond acceptors (Lipinski definition) is 1. The van der Waals surface area contributed by atoms with Crippen LogP contribution in [0.3, 0.4) is 0 Å². The van der Waals surface area contributed by atoms with Gasteiger partial charge in [0.25, 0.3) is 0 Å². The van der Waals surface area contributed by atoms with Crippen molar-refractivity contribution in [1.29, 1.82) is 0 Å². The minimum Gasteiger partial charge on any atom is -0.348 e. The molecule has 0 amide bonds. The molecule has 0 saturated carbocycles. The van der Waals surface area contributed by atoms with E-state index < -0.39 is 0 Å². The van der Waals surface area contributed by atoms with Crippen molar-refractivity contribution in [2.45, 2.75) is 6.92 Å². The van der Waals surface area contributed by atoms with Crippen LogP contribution in [0.25, 0.3) is 17.0 Å². The smallest absolute Gasteiger partial charge is 0.139 e. The van der Waals surface area contributed by atoms with E-state index in [2.05, 4.69) is 0 Å². The maximum Gasteiger partial charge on any atom is 0.139 e. The second kappa shape index (κ2) is 4.10. The molecule has 84 valence electrons. The van der Waals surface area contributed by atoms with Crippen LogP contribution in [-0.4, -0.2) is 11.1 Å². The molecule has 0 atom stereocenters. The quantitative estimate of drug-likeness (QED) is 0.825. The summed E-state index contributed by atoms with van der Waals surface area (Å²) in [6.45, 7) is 2.39. The van der Waals surface area contributed by atoms with Crippen LogP contribution in [0.2, 0.25) is 0 Å². The molecule has 2 rings (SSSR count). The van der Waals surface area contributed by atoms with Crippen molar-refractivity contribution >= 4 is 17.0 Å². The molecular weight excluding hydrogens is 203 g/mol. The third-order valence-corrected chi connectivity index (χ3v) is 2.86. The molecular formula is C13H15FN2. The van der Waals surface area contributed by atoms with E-state index in [1.54, 1.807) is 18.2 Å². The Hall–Kier alpha value is -1.61. The van der Waals surface area contributed by atoms with Crippen LogP contribution in [0, 0.1) is 12.7 Å². The van der Waals surface area contributed by atoms with Crippen molar-refractivity contribution in [3.05, 3.63) is 41.3 Å². The summed E-state index contributed by atoms with van der Waals surface area (Å²) in [4.78, 5) is 0. The fourth-order valence-corrected chi connectivity index (χ4v) is 1.85. The number of hydrogen-bond donors (Lipinski definition) is 1. The Bertz CT molecular complexity index is 553. The molecule has 0 aliphatic carbocycles. The van der Waals surface area contributed by atoms with Crippen LogP contribution in [0.15, 0.2) is 24.3 Å². The summed E-state index contributed by atoms with van der Waals surface area (Å²) in [6, 6.07) is 5.58. The zero-order valence-electron chi connectivity index (χ0n) is 9.50. The van der Waals surface area contributed by atoms with Crippen LogP contribution in [0.5, 0.6) is 0 Å². The SMILES string of the molecule is Cc1cc2c(F)c(/C=C/CN)ccc2n1C. The zero-order valence-corrected chi connectivity index (χ0v) is 9.50. The Morgan fingerprint density at radius 3 is 2.88 bits per heavy atom. The lowest BCUT2D eigenvalue weighted by molar-refractivity contribution is 0.637. The maximum absolute atomic E-state index is 14.1. The number of halogens is 1. The standard InChI is InChI=1S/C13H15FN2/c1-9-8-11-12(16(9)2)6-5-10(13(11)14)4-3-7-15/h3-6,8H,7,15H2,1-2H3/b4-3+. The second-order valence-corrected chi connectivity index (χ2v) is 3.88. The van der Waals surface area contributed by atoms with Gasteiger partial charge < -0.3 is 10.3 Å². The summed E-state index contributed by atoms with van der Waals surface area (Å²) >= 11 is 0. The molecule has 2 N–H and O–H groups in total. The van der Waals surface area contributed by atoms with Crippen molar-refractivity contribution in [2.24, 2.45) is 12.8 Å². The molecule has 2 aromatic rings. The maximum atomic E-state index is 14.1. The summed E-state index contributed by atoms with van der Waals surface area (Å²) in [5, 5.41) is 0.666. The van der Waals surface area contributed by atoms with Gasteiger partial charge >= 0.3 is 0 Å². The second-order valence-electron chi connectivity index (χ2n) is 3.88. The van der Waals surface area contributed by atoms with Gasteiger partial charge in [0.1, 0.15) is 5.82 Å². The fourth-order valence-electron chi connectivity index (χ4n) is 1.85. The van der Waals surface area contributed by atoms with E-state index in [0.29, 0.717) is 17.5 Å². The lowest BCUT2D eigenvalue weighted by atomic mass is 10.1. The lowest BCUT2D eigenvalue weighted by Gasteiger charge is -2.01. The predicted molar refractivity (Wildman–Crippen MR) is 65.7 cm³/mol. The first-order chi connectivity index (χ1) is 7.65. The highest BCUT2D eigenvalue weighted by Gasteiger charge is 2.09. The minimum atomic E-state index is -0.175. The molecule has 1 aromatic heterocycles. The fraction of sp³-hybridized carbons (Fsp3) is 0.231. The Kier molecular flexibility index (Phi) is 2.79. The molecule has 1 aromatic carbocycles. The molecule has 2 nitrogen and oxygen atoms in total.